The highest BCUT2D eigenvalue weighted by molar-refractivity contribution is 7.90. The molecule has 0 aromatic carbocycles. The monoisotopic (exact) mass is 219 g/mol. The Hall–Kier alpha value is -0.0900. The number of rotatable bonds is 6. The maximum absolute atomic E-state index is 11.8. The Morgan fingerprint density at radius 1 is 1.29 bits per heavy atom. The molecule has 0 radical (unpaired) electrons. The van der Waals surface area contributed by atoms with Crippen LogP contribution in [0.4, 0.5) is 0 Å². The van der Waals surface area contributed by atoms with Crippen molar-refractivity contribution in [1.29, 1.82) is 0 Å². The molecule has 14 heavy (non-hydrogen) atoms. The van der Waals surface area contributed by atoms with E-state index < -0.39 is 10.0 Å². The van der Waals surface area contributed by atoms with Gasteiger partial charge in [-0.1, -0.05) is 26.7 Å². The second-order valence-electron chi connectivity index (χ2n) is 4.21. The van der Waals surface area contributed by atoms with Crippen LogP contribution in [-0.4, -0.2) is 31.6 Å². The molecule has 3 nitrogen and oxygen atoms in total. The Bertz CT molecular complexity index is 266. The molecule has 1 rings (SSSR count). The van der Waals surface area contributed by atoms with Gasteiger partial charge in [0.2, 0.25) is 10.0 Å². The van der Waals surface area contributed by atoms with Crippen molar-refractivity contribution < 1.29 is 8.42 Å². The van der Waals surface area contributed by atoms with Crippen molar-refractivity contribution in [2.45, 2.75) is 44.8 Å². The predicted octanol–water partition coefficient (Wildman–Crippen LogP) is 1.85. The first-order valence-corrected chi connectivity index (χ1v) is 6.97. The summed E-state index contributed by atoms with van der Waals surface area (Å²) in [5.74, 6) is 0.508. The van der Waals surface area contributed by atoms with E-state index in [9.17, 15) is 8.42 Å². The van der Waals surface area contributed by atoms with Crippen LogP contribution in [0.2, 0.25) is 0 Å². The Morgan fingerprint density at radius 3 is 2.14 bits per heavy atom. The summed E-state index contributed by atoms with van der Waals surface area (Å²) < 4.78 is 25.1. The van der Waals surface area contributed by atoms with Gasteiger partial charge in [-0.15, -0.1) is 0 Å². The molecule has 1 aliphatic carbocycles. The second-order valence-corrected chi connectivity index (χ2v) is 6.53. The molecule has 0 N–H and O–H groups in total. The number of sulfonamides is 1. The van der Waals surface area contributed by atoms with Crippen molar-refractivity contribution in [3.63, 3.8) is 0 Å². The van der Waals surface area contributed by atoms with Crippen LogP contribution in [0.15, 0.2) is 0 Å². The Kier molecular flexibility index (Phi) is 3.95. The van der Waals surface area contributed by atoms with Crippen molar-refractivity contribution in [3.8, 4) is 0 Å². The van der Waals surface area contributed by atoms with E-state index in [1.54, 1.807) is 11.4 Å². The van der Waals surface area contributed by atoms with Crippen LogP contribution in [-0.2, 0) is 10.0 Å². The zero-order valence-corrected chi connectivity index (χ0v) is 10.2. The molecule has 84 valence electrons. The Morgan fingerprint density at radius 2 is 1.79 bits per heavy atom. The molecule has 0 aromatic rings. The molecule has 0 heterocycles. The zero-order chi connectivity index (χ0) is 10.8. The summed E-state index contributed by atoms with van der Waals surface area (Å²) in [6.45, 7) is 4.92. The van der Waals surface area contributed by atoms with Crippen LogP contribution in [0.3, 0.4) is 0 Å². The minimum atomic E-state index is -2.95. The lowest BCUT2D eigenvalue weighted by molar-refractivity contribution is 0.366. The van der Waals surface area contributed by atoms with Gasteiger partial charge in [0.15, 0.2) is 0 Å². The molecule has 1 saturated carbocycles. The lowest BCUT2D eigenvalue weighted by Gasteiger charge is -2.21. The molecule has 1 aliphatic rings. The van der Waals surface area contributed by atoms with Crippen molar-refractivity contribution >= 4 is 10.0 Å². The SMILES string of the molecule is CCC(CC)CN(C)S(=O)(=O)C1CC1. The van der Waals surface area contributed by atoms with Crippen molar-refractivity contribution in [1.82, 2.24) is 4.31 Å². The van der Waals surface area contributed by atoms with E-state index in [-0.39, 0.29) is 5.25 Å². The minimum absolute atomic E-state index is 0.0677. The molecule has 1 fully saturated rings. The largest absolute Gasteiger partial charge is 0.216 e. The van der Waals surface area contributed by atoms with Crippen LogP contribution in [0.25, 0.3) is 0 Å². The molecule has 0 bridgehead atoms. The second kappa shape index (κ2) is 4.62. The van der Waals surface area contributed by atoms with E-state index in [1.165, 1.54) is 0 Å². The predicted molar refractivity (Wildman–Crippen MR) is 58.6 cm³/mol. The molecule has 0 aliphatic heterocycles. The van der Waals surface area contributed by atoms with Gasteiger partial charge in [-0.2, -0.15) is 0 Å². The topological polar surface area (TPSA) is 37.4 Å². The molecule has 0 spiro atoms. The van der Waals surface area contributed by atoms with Gasteiger partial charge in [-0.25, -0.2) is 12.7 Å². The van der Waals surface area contributed by atoms with Gasteiger partial charge < -0.3 is 0 Å². The molecular weight excluding hydrogens is 198 g/mol. The maximum atomic E-state index is 11.8. The van der Waals surface area contributed by atoms with Crippen molar-refractivity contribution in [2.75, 3.05) is 13.6 Å². The molecule has 0 aromatic heterocycles. The third kappa shape index (κ3) is 2.70. The van der Waals surface area contributed by atoms with Crippen molar-refractivity contribution in [2.24, 2.45) is 5.92 Å². The Balaban J connectivity index is 2.51. The zero-order valence-electron chi connectivity index (χ0n) is 9.36. The third-order valence-corrected chi connectivity index (χ3v) is 5.38. The van der Waals surface area contributed by atoms with Gasteiger partial charge in [-0.05, 0) is 18.8 Å². The van der Waals surface area contributed by atoms with Gasteiger partial charge in [0, 0.05) is 13.6 Å². The summed E-state index contributed by atoms with van der Waals surface area (Å²) >= 11 is 0. The lowest BCUT2D eigenvalue weighted by Crippen LogP contribution is -2.34. The first kappa shape index (κ1) is 12.0. The van der Waals surface area contributed by atoms with E-state index in [2.05, 4.69) is 13.8 Å². The van der Waals surface area contributed by atoms with Crippen LogP contribution in [0.1, 0.15) is 39.5 Å². The summed E-state index contributed by atoms with van der Waals surface area (Å²) in [6.07, 6.45) is 3.83. The highest BCUT2D eigenvalue weighted by Gasteiger charge is 2.38. The average molecular weight is 219 g/mol. The summed E-state index contributed by atoms with van der Waals surface area (Å²) in [7, 11) is -1.23. The molecular formula is C10H21NO2S. The van der Waals surface area contributed by atoms with Gasteiger partial charge >= 0.3 is 0 Å². The molecule has 4 heteroatoms. The quantitative estimate of drug-likeness (QED) is 0.683. The first-order chi connectivity index (χ1) is 6.52. The van der Waals surface area contributed by atoms with Gasteiger partial charge in [-0.3, -0.25) is 0 Å². The smallest absolute Gasteiger partial charge is 0.212 e. The maximum Gasteiger partial charge on any atom is 0.216 e. The number of nitrogens with zero attached hydrogens (tertiary/aromatic N) is 1. The van der Waals surface area contributed by atoms with Crippen LogP contribution in [0, 0.1) is 5.92 Å². The summed E-state index contributed by atoms with van der Waals surface area (Å²) in [5, 5.41) is -0.0677. The average Bonchev–Trinajstić information content (AvgIpc) is 2.96. The van der Waals surface area contributed by atoms with E-state index in [4.69, 9.17) is 0 Å². The van der Waals surface area contributed by atoms with Gasteiger partial charge in [0.25, 0.3) is 0 Å². The molecule has 0 atom stereocenters. The molecule has 0 saturated heterocycles. The number of hydrogen-bond acceptors (Lipinski definition) is 2. The van der Waals surface area contributed by atoms with Crippen LogP contribution < -0.4 is 0 Å². The summed E-state index contributed by atoms with van der Waals surface area (Å²) in [4.78, 5) is 0. The summed E-state index contributed by atoms with van der Waals surface area (Å²) in [6, 6.07) is 0. The molecule has 0 amide bonds. The third-order valence-electron chi connectivity index (χ3n) is 3.05. The van der Waals surface area contributed by atoms with E-state index in [1.807, 2.05) is 0 Å². The standard InChI is InChI=1S/C10H21NO2S/c1-4-9(5-2)8-11(3)14(12,13)10-6-7-10/h9-10H,4-8H2,1-3H3. The van der Waals surface area contributed by atoms with Gasteiger partial charge in [0.1, 0.15) is 0 Å². The van der Waals surface area contributed by atoms with Crippen LogP contribution >= 0.6 is 0 Å². The highest BCUT2D eigenvalue weighted by Crippen LogP contribution is 2.30. The first-order valence-electron chi connectivity index (χ1n) is 5.47. The fraction of sp³-hybridized carbons (Fsp3) is 1.00. The normalized spacial score (nSPS) is 18.1. The van der Waals surface area contributed by atoms with Crippen molar-refractivity contribution in [3.05, 3.63) is 0 Å². The fourth-order valence-electron chi connectivity index (χ4n) is 1.63. The summed E-state index contributed by atoms with van der Waals surface area (Å²) in [5.41, 5.74) is 0. The van der Waals surface area contributed by atoms with Crippen LogP contribution in [0.5, 0.6) is 0 Å². The van der Waals surface area contributed by atoms with E-state index in [0.717, 1.165) is 25.7 Å². The van der Waals surface area contributed by atoms with E-state index >= 15 is 0 Å². The molecule has 0 unspecified atom stereocenters. The Labute approximate surface area is 87.5 Å². The number of hydrogen-bond donors (Lipinski definition) is 0. The van der Waals surface area contributed by atoms with E-state index in [0.29, 0.717) is 12.5 Å². The highest BCUT2D eigenvalue weighted by atomic mass is 32.2. The van der Waals surface area contributed by atoms with Gasteiger partial charge in [0.05, 0.1) is 5.25 Å². The minimum Gasteiger partial charge on any atom is -0.212 e. The lowest BCUT2D eigenvalue weighted by atomic mass is 10.0. The fourth-order valence-corrected chi connectivity index (χ4v) is 3.29.